The van der Waals surface area contributed by atoms with Crippen molar-refractivity contribution in [2.24, 2.45) is 5.73 Å². The van der Waals surface area contributed by atoms with Crippen molar-refractivity contribution in [3.8, 4) is 11.4 Å². The van der Waals surface area contributed by atoms with Gasteiger partial charge in [0.2, 0.25) is 0 Å². The average Bonchev–Trinajstić information content (AvgIpc) is 2.72. The Morgan fingerprint density at radius 3 is 2.66 bits per heavy atom. The van der Waals surface area contributed by atoms with Crippen molar-refractivity contribution in [2.45, 2.75) is 38.5 Å². The summed E-state index contributed by atoms with van der Waals surface area (Å²) in [6.07, 6.45) is 2.60. The van der Waals surface area contributed by atoms with Gasteiger partial charge in [0.05, 0.1) is 34.8 Å². The molecular formula is C22H27N5O2. The molecule has 0 radical (unpaired) electrons. The minimum absolute atomic E-state index is 0.0316. The molecule has 7 nitrogen and oxygen atoms in total. The molecule has 0 spiro atoms. The smallest absolute Gasteiger partial charge is 0.129 e. The molecule has 4 rings (SSSR count). The van der Waals surface area contributed by atoms with Gasteiger partial charge in [0.1, 0.15) is 5.82 Å². The second kappa shape index (κ2) is 8.41. The van der Waals surface area contributed by atoms with Gasteiger partial charge in [-0.05, 0) is 50.6 Å². The van der Waals surface area contributed by atoms with Crippen LogP contribution in [0, 0.1) is 0 Å². The summed E-state index contributed by atoms with van der Waals surface area (Å²) in [6.45, 7) is 5.85. The summed E-state index contributed by atoms with van der Waals surface area (Å²) in [5, 5.41) is 10.1. The molecule has 29 heavy (non-hydrogen) atoms. The SMILES string of the molecule is C[C@@H]1CN(c2cccc(-c3ccc4cnc(C(N)CCO)cc4n3)n2)C[C@H](C)O1. The van der Waals surface area contributed by atoms with E-state index >= 15 is 0 Å². The Morgan fingerprint density at radius 1 is 1.14 bits per heavy atom. The van der Waals surface area contributed by atoms with Gasteiger partial charge < -0.3 is 20.5 Å². The molecule has 3 N–H and O–H groups in total. The van der Waals surface area contributed by atoms with Gasteiger partial charge in [0, 0.05) is 37.3 Å². The van der Waals surface area contributed by atoms with Gasteiger partial charge >= 0.3 is 0 Å². The molecule has 1 fully saturated rings. The van der Waals surface area contributed by atoms with E-state index in [0.29, 0.717) is 6.42 Å². The maximum absolute atomic E-state index is 9.13. The minimum atomic E-state index is -0.304. The van der Waals surface area contributed by atoms with Crippen LogP contribution in [-0.2, 0) is 4.74 Å². The lowest BCUT2D eigenvalue weighted by atomic mass is 10.1. The fraction of sp³-hybridized carbons (Fsp3) is 0.409. The van der Waals surface area contributed by atoms with Gasteiger partial charge in [-0.2, -0.15) is 0 Å². The number of nitrogens with zero attached hydrogens (tertiary/aromatic N) is 4. The molecule has 0 saturated carbocycles. The second-order valence-electron chi connectivity index (χ2n) is 7.66. The highest BCUT2D eigenvalue weighted by molar-refractivity contribution is 5.80. The summed E-state index contributed by atoms with van der Waals surface area (Å²) in [5.41, 5.74) is 9.28. The quantitative estimate of drug-likeness (QED) is 0.688. The molecule has 0 bridgehead atoms. The van der Waals surface area contributed by atoms with Crippen molar-refractivity contribution in [2.75, 3.05) is 24.6 Å². The Balaban J connectivity index is 1.65. The van der Waals surface area contributed by atoms with Crippen molar-refractivity contribution in [3.05, 3.63) is 48.3 Å². The van der Waals surface area contributed by atoms with Crippen LogP contribution in [0.5, 0.6) is 0 Å². The van der Waals surface area contributed by atoms with E-state index in [1.807, 2.05) is 36.4 Å². The number of rotatable bonds is 5. The monoisotopic (exact) mass is 393 g/mol. The van der Waals surface area contributed by atoms with E-state index in [-0.39, 0.29) is 24.9 Å². The number of anilines is 1. The van der Waals surface area contributed by atoms with Crippen LogP contribution in [0.4, 0.5) is 5.82 Å². The first-order valence-corrected chi connectivity index (χ1v) is 10.0. The molecule has 0 aromatic carbocycles. The summed E-state index contributed by atoms with van der Waals surface area (Å²) in [7, 11) is 0. The first kappa shape index (κ1) is 19.7. The standard InChI is InChI=1S/C22H27N5O2/c1-14-12-27(13-15(2)29-14)22-5-3-4-18(26-22)19-7-6-16-11-24-21(10-20(16)25-19)17(23)8-9-28/h3-7,10-11,14-15,17,28H,8-9,12-13,23H2,1-2H3/t14-,15+,17?. The topological polar surface area (TPSA) is 97.4 Å². The average molecular weight is 393 g/mol. The molecular weight excluding hydrogens is 366 g/mol. The number of hydrogen-bond donors (Lipinski definition) is 2. The highest BCUT2D eigenvalue weighted by Gasteiger charge is 2.23. The summed E-state index contributed by atoms with van der Waals surface area (Å²) in [4.78, 5) is 16.3. The Labute approximate surface area is 170 Å². The zero-order valence-corrected chi connectivity index (χ0v) is 16.8. The van der Waals surface area contributed by atoms with E-state index in [0.717, 1.165) is 46.9 Å². The van der Waals surface area contributed by atoms with Crippen LogP contribution in [0.3, 0.4) is 0 Å². The lowest BCUT2D eigenvalue weighted by Gasteiger charge is -2.36. The van der Waals surface area contributed by atoms with E-state index in [1.54, 1.807) is 6.20 Å². The molecule has 3 atom stereocenters. The Kier molecular flexibility index (Phi) is 5.71. The molecule has 152 valence electrons. The third kappa shape index (κ3) is 4.37. The van der Waals surface area contributed by atoms with Crippen LogP contribution in [-0.4, -0.2) is 52.0 Å². The van der Waals surface area contributed by atoms with Crippen molar-refractivity contribution in [3.63, 3.8) is 0 Å². The zero-order valence-electron chi connectivity index (χ0n) is 16.8. The van der Waals surface area contributed by atoms with Crippen molar-refractivity contribution >= 4 is 16.7 Å². The van der Waals surface area contributed by atoms with E-state index in [4.69, 9.17) is 25.5 Å². The van der Waals surface area contributed by atoms with Crippen molar-refractivity contribution in [1.29, 1.82) is 0 Å². The molecule has 1 saturated heterocycles. The number of aliphatic hydroxyl groups excluding tert-OH is 1. The lowest BCUT2D eigenvalue weighted by molar-refractivity contribution is -0.00545. The zero-order chi connectivity index (χ0) is 20.4. The number of hydrogen-bond acceptors (Lipinski definition) is 7. The number of aliphatic hydroxyl groups is 1. The van der Waals surface area contributed by atoms with E-state index in [2.05, 4.69) is 23.7 Å². The highest BCUT2D eigenvalue weighted by atomic mass is 16.5. The van der Waals surface area contributed by atoms with Crippen LogP contribution < -0.4 is 10.6 Å². The van der Waals surface area contributed by atoms with Crippen LogP contribution in [0.1, 0.15) is 32.0 Å². The number of ether oxygens (including phenoxy) is 1. The molecule has 7 heteroatoms. The minimum Gasteiger partial charge on any atom is -0.396 e. The predicted molar refractivity (Wildman–Crippen MR) is 114 cm³/mol. The molecule has 4 heterocycles. The van der Waals surface area contributed by atoms with Gasteiger partial charge in [-0.15, -0.1) is 0 Å². The van der Waals surface area contributed by atoms with Crippen LogP contribution >= 0.6 is 0 Å². The van der Waals surface area contributed by atoms with Gasteiger partial charge in [-0.1, -0.05) is 6.07 Å². The van der Waals surface area contributed by atoms with Crippen LogP contribution in [0.25, 0.3) is 22.3 Å². The molecule has 1 aliphatic heterocycles. The van der Waals surface area contributed by atoms with Crippen molar-refractivity contribution < 1.29 is 9.84 Å². The molecule has 3 aromatic rings. The molecule has 1 aliphatic rings. The van der Waals surface area contributed by atoms with E-state index in [1.165, 1.54) is 0 Å². The summed E-state index contributed by atoms with van der Waals surface area (Å²) in [6, 6.07) is 11.6. The fourth-order valence-corrected chi connectivity index (χ4v) is 3.77. The molecule has 0 aliphatic carbocycles. The van der Waals surface area contributed by atoms with Gasteiger partial charge in [-0.3, -0.25) is 4.98 Å². The summed E-state index contributed by atoms with van der Waals surface area (Å²) >= 11 is 0. The Hall–Kier alpha value is -2.61. The largest absolute Gasteiger partial charge is 0.396 e. The summed E-state index contributed by atoms with van der Waals surface area (Å²) in [5.74, 6) is 0.937. The van der Waals surface area contributed by atoms with Gasteiger partial charge in [0.25, 0.3) is 0 Å². The molecule has 3 aromatic heterocycles. The fourth-order valence-electron chi connectivity index (χ4n) is 3.77. The first-order valence-electron chi connectivity index (χ1n) is 10.0. The third-order valence-electron chi connectivity index (χ3n) is 5.16. The Bertz CT molecular complexity index is 986. The van der Waals surface area contributed by atoms with Gasteiger partial charge in [0.15, 0.2) is 0 Å². The number of nitrogens with two attached hydrogens (primary N) is 1. The molecule has 0 amide bonds. The maximum Gasteiger partial charge on any atom is 0.129 e. The van der Waals surface area contributed by atoms with Crippen LogP contribution in [0.2, 0.25) is 0 Å². The Morgan fingerprint density at radius 2 is 1.90 bits per heavy atom. The first-order chi connectivity index (χ1) is 14.0. The van der Waals surface area contributed by atoms with E-state index in [9.17, 15) is 0 Å². The van der Waals surface area contributed by atoms with Gasteiger partial charge in [-0.25, -0.2) is 9.97 Å². The maximum atomic E-state index is 9.13. The molecule has 1 unspecified atom stereocenters. The summed E-state index contributed by atoms with van der Waals surface area (Å²) < 4.78 is 5.84. The third-order valence-corrected chi connectivity index (χ3v) is 5.16. The predicted octanol–water partition coefficient (Wildman–Crippen LogP) is 2.69. The lowest BCUT2D eigenvalue weighted by Crippen LogP contribution is -2.45. The van der Waals surface area contributed by atoms with Crippen molar-refractivity contribution in [1.82, 2.24) is 15.0 Å². The highest BCUT2D eigenvalue weighted by Crippen LogP contribution is 2.25. The number of fused-ring (bicyclic) bond motifs is 1. The number of pyridine rings is 3. The number of aromatic nitrogens is 3. The van der Waals surface area contributed by atoms with Crippen LogP contribution in [0.15, 0.2) is 42.6 Å². The normalized spacial score (nSPS) is 20.8. The number of morpholine rings is 1. The van der Waals surface area contributed by atoms with E-state index < -0.39 is 0 Å². The second-order valence-corrected chi connectivity index (χ2v) is 7.66.